The molecule has 136 valence electrons. The topological polar surface area (TPSA) is 64.7 Å². The van der Waals surface area contributed by atoms with Gasteiger partial charge in [-0.05, 0) is 51.8 Å². The van der Waals surface area contributed by atoms with Gasteiger partial charge in [0, 0.05) is 18.2 Å². The summed E-state index contributed by atoms with van der Waals surface area (Å²) in [6.45, 7) is 6.97. The first-order valence-corrected chi connectivity index (χ1v) is 9.27. The van der Waals surface area contributed by atoms with Crippen molar-refractivity contribution in [3.8, 4) is 0 Å². The van der Waals surface area contributed by atoms with Crippen LogP contribution in [0.1, 0.15) is 48.9 Å². The van der Waals surface area contributed by atoms with Crippen LogP contribution in [0.4, 0.5) is 0 Å². The number of nitrogens with one attached hydrogen (secondary N) is 1. The summed E-state index contributed by atoms with van der Waals surface area (Å²) in [5.74, 6) is 1.57. The molecule has 6 nitrogen and oxygen atoms in total. The van der Waals surface area contributed by atoms with Crippen LogP contribution in [0.2, 0.25) is 0 Å². The lowest BCUT2D eigenvalue weighted by atomic mass is 10.3. The summed E-state index contributed by atoms with van der Waals surface area (Å²) in [5, 5.41) is 7.56. The third-order valence-corrected chi connectivity index (χ3v) is 4.99. The summed E-state index contributed by atoms with van der Waals surface area (Å²) in [7, 11) is 0. The highest BCUT2D eigenvalue weighted by atomic mass is 16.1. The molecule has 1 N–H and O–H groups in total. The zero-order valence-electron chi connectivity index (χ0n) is 15.6. The smallest absolute Gasteiger partial charge is 0.240 e. The lowest BCUT2D eigenvalue weighted by Gasteiger charge is -2.16. The van der Waals surface area contributed by atoms with Gasteiger partial charge in [-0.15, -0.1) is 0 Å². The molecule has 2 aromatic heterocycles. The van der Waals surface area contributed by atoms with Crippen molar-refractivity contribution in [3.63, 3.8) is 0 Å². The quantitative estimate of drug-likeness (QED) is 0.742. The standard InChI is InChI=1S/C20H25N5O/c1-13-10-14(2)25(23-13)15(3)11-21-19(26)12-24-18-7-5-4-6-17(18)22-20(24)16-8-9-16/h4-7,10,15-16H,8-9,11-12H2,1-3H3,(H,21,26). The molecule has 1 unspecified atom stereocenters. The lowest BCUT2D eigenvalue weighted by Crippen LogP contribution is -2.33. The van der Waals surface area contributed by atoms with E-state index in [9.17, 15) is 4.79 Å². The number of aromatic nitrogens is 4. The highest BCUT2D eigenvalue weighted by molar-refractivity contribution is 5.81. The first-order valence-electron chi connectivity index (χ1n) is 9.27. The number of carbonyl (C=O) groups excluding carboxylic acids is 1. The Morgan fingerprint density at radius 1 is 1.31 bits per heavy atom. The Kier molecular flexibility index (Phi) is 4.26. The molecule has 1 fully saturated rings. The van der Waals surface area contributed by atoms with Gasteiger partial charge < -0.3 is 9.88 Å². The van der Waals surface area contributed by atoms with Gasteiger partial charge in [0.1, 0.15) is 12.4 Å². The van der Waals surface area contributed by atoms with Crippen LogP contribution in [0.5, 0.6) is 0 Å². The SMILES string of the molecule is Cc1cc(C)n(C(C)CNC(=O)Cn2c(C3CC3)nc3ccccc32)n1. The number of carbonyl (C=O) groups is 1. The minimum Gasteiger partial charge on any atom is -0.352 e. The fraction of sp³-hybridized carbons (Fsp3) is 0.450. The molecule has 1 aliphatic rings. The van der Waals surface area contributed by atoms with Crippen LogP contribution in [0.3, 0.4) is 0 Å². The summed E-state index contributed by atoms with van der Waals surface area (Å²) in [4.78, 5) is 17.3. The van der Waals surface area contributed by atoms with Gasteiger partial charge in [-0.25, -0.2) is 4.98 Å². The summed E-state index contributed by atoms with van der Waals surface area (Å²) >= 11 is 0. The van der Waals surface area contributed by atoms with Crippen LogP contribution in [0, 0.1) is 13.8 Å². The summed E-state index contributed by atoms with van der Waals surface area (Å²) in [6.07, 6.45) is 2.33. The molecule has 4 rings (SSSR count). The van der Waals surface area contributed by atoms with Gasteiger partial charge >= 0.3 is 0 Å². The van der Waals surface area contributed by atoms with E-state index in [1.807, 2.05) is 42.8 Å². The van der Waals surface area contributed by atoms with Crippen LogP contribution >= 0.6 is 0 Å². The van der Waals surface area contributed by atoms with Gasteiger partial charge in [0.25, 0.3) is 0 Å². The number of amides is 1. The van der Waals surface area contributed by atoms with Crippen molar-refractivity contribution in [2.24, 2.45) is 0 Å². The Labute approximate surface area is 153 Å². The minimum atomic E-state index is 0.0171. The molecule has 26 heavy (non-hydrogen) atoms. The maximum Gasteiger partial charge on any atom is 0.240 e. The molecule has 1 aromatic carbocycles. The predicted octanol–water partition coefficient (Wildman–Crippen LogP) is 3.10. The van der Waals surface area contributed by atoms with Crippen LogP contribution in [0.15, 0.2) is 30.3 Å². The molecule has 1 amide bonds. The second-order valence-electron chi connectivity index (χ2n) is 7.34. The van der Waals surface area contributed by atoms with Gasteiger partial charge in [0.05, 0.1) is 22.8 Å². The van der Waals surface area contributed by atoms with E-state index >= 15 is 0 Å². The number of fused-ring (bicyclic) bond motifs is 1. The molecule has 1 saturated carbocycles. The average Bonchev–Trinajstić information content (AvgIpc) is 3.32. The summed E-state index contributed by atoms with van der Waals surface area (Å²) < 4.78 is 4.05. The third-order valence-electron chi connectivity index (χ3n) is 4.99. The fourth-order valence-electron chi connectivity index (χ4n) is 3.55. The number of hydrogen-bond acceptors (Lipinski definition) is 3. The third kappa shape index (κ3) is 3.23. The second kappa shape index (κ2) is 6.59. The molecular weight excluding hydrogens is 326 g/mol. The van der Waals surface area contributed by atoms with Gasteiger partial charge in [0.2, 0.25) is 5.91 Å². The zero-order valence-corrected chi connectivity index (χ0v) is 15.6. The number of nitrogens with zero attached hydrogens (tertiary/aromatic N) is 4. The Morgan fingerprint density at radius 3 is 2.77 bits per heavy atom. The Hall–Kier alpha value is -2.63. The van der Waals surface area contributed by atoms with Crippen molar-refractivity contribution >= 4 is 16.9 Å². The van der Waals surface area contributed by atoms with E-state index < -0.39 is 0 Å². The Morgan fingerprint density at radius 2 is 2.08 bits per heavy atom. The number of rotatable bonds is 6. The van der Waals surface area contributed by atoms with E-state index in [-0.39, 0.29) is 11.9 Å². The Balaban J connectivity index is 1.46. The largest absolute Gasteiger partial charge is 0.352 e. The molecule has 3 aromatic rings. The molecule has 0 bridgehead atoms. The summed E-state index contributed by atoms with van der Waals surface area (Å²) in [6, 6.07) is 10.2. The van der Waals surface area contributed by atoms with E-state index in [2.05, 4.69) is 28.0 Å². The fourth-order valence-corrected chi connectivity index (χ4v) is 3.55. The van der Waals surface area contributed by atoms with Crippen LogP contribution in [-0.4, -0.2) is 31.8 Å². The highest BCUT2D eigenvalue weighted by Gasteiger charge is 2.30. The van der Waals surface area contributed by atoms with Gasteiger partial charge in [-0.1, -0.05) is 12.1 Å². The first-order chi connectivity index (χ1) is 12.5. The minimum absolute atomic E-state index is 0.0171. The molecule has 6 heteroatoms. The van der Waals surface area contributed by atoms with Crippen LogP contribution in [-0.2, 0) is 11.3 Å². The molecular formula is C20H25N5O. The monoisotopic (exact) mass is 351 g/mol. The van der Waals surface area contributed by atoms with Crippen molar-refractivity contribution in [1.29, 1.82) is 0 Å². The number of hydrogen-bond donors (Lipinski definition) is 1. The van der Waals surface area contributed by atoms with Gasteiger partial charge in [-0.3, -0.25) is 9.48 Å². The lowest BCUT2D eigenvalue weighted by molar-refractivity contribution is -0.121. The predicted molar refractivity (Wildman–Crippen MR) is 101 cm³/mol. The molecule has 2 heterocycles. The molecule has 1 atom stereocenters. The number of para-hydroxylation sites is 2. The zero-order chi connectivity index (χ0) is 18.3. The van der Waals surface area contributed by atoms with E-state index in [1.165, 1.54) is 12.8 Å². The van der Waals surface area contributed by atoms with Crippen molar-refractivity contribution < 1.29 is 4.79 Å². The Bertz CT molecular complexity index is 950. The van der Waals surface area contributed by atoms with Crippen LogP contribution < -0.4 is 5.32 Å². The van der Waals surface area contributed by atoms with Gasteiger partial charge in [0.15, 0.2) is 0 Å². The normalized spacial score (nSPS) is 15.3. The number of imidazole rings is 1. The van der Waals surface area contributed by atoms with Crippen molar-refractivity contribution in [2.75, 3.05) is 6.54 Å². The highest BCUT2D eigenvalue weighted by Crippen LogP contribution is 2.40. The van der Waals surface area contributed by atoms with Crippen LogP contribution in [0.25, 0.3) is 11.0 Å². The van der Waals surface area contributed by atoms with Crippen molar-refractivity contribution in [1.82, 2.24) is 24.6 Å². The molecule has 1 aliphatic carbocycles. The second-order valence-corrected chi connectivity index (χ2v) is 7.34. The van der Waals surface area contributed by atoms with E-state index in [1.54, 1.807) is 0 Å². The molecule has 0 aliphatic heterocycles. The maximum absolute atomic E-state index is 12.6. The van der Waals surface area contributed by atoms with Gasteiger partial charge in [-0.2, -0.15) is 5.10 Å². The van der Waals surface area contributed by atoms with Crippen molar-refractivity contribution in [3.05, 3.63) is 47.5 Å². The average molecular weight is 351 g/mol. The van der Waals surface area contributed by atoms with E-state index in [0.29, 0.717) is 19.0 Å². The van der Waals surface area contributed by atoms with Crippen molar-refractivity contribution in [2.45, 2.75) is 52.1 Å². The van der Waals surface area contributed by atoms with E-state index in [0.717, 1.165) is 28.2 Å². The first kappa shape index (κ1) is 16.8. The molecule has 0 saturated heterocycles. The molecule has 0 spiro atoms. The number of aryl methyl sites for hydroxylation is 2. The maximum atomic E-state index is 12.6. The van der Waals surface area contributed by atoms with E-state index in [4.69, 9.17) is 4.98 Å². The summed E-state index contributed by atoms with van der Waals surface area (Å²) in [5.41, 5.74) is 4.12. The number of benzene rings is 1. The molecule has 0 radical (unpaired) electrons.